The summed E-state index contributed by atoms with van der Waals surface area (Å²) in [6.45, 7) is 0. The number of hydrogen-bond acceptors (Lipinski definition) is 5. The van der Waals surface area contributed by atoms with E-state index in [0.29, 0.717) is 29.2 Å². The molecule has 27 heavy (non-hydrogen) atoms. The molecule has 2 aromatic carbocycles. The Hall–Kier alpha value is -2.58. The van der Waals surface area contributed by atoms with Crippen molar-refractivity contribution in [2.45, 2.75) is 17.7 Å². The van der Waals surface area contributed by atoms with Gasteiger partial charge in [-0.2, -0.15) is 0 Å². The number of ether oxygens (including phenoxy) is 2. The topological polar surface area (TPSA) is 84.9 Å². The van der Waals surface area contributed by atoms with Gasteiger partial charge in [-0.15, -0.1) is 0 Å². The second-order valence-electron chi connectivity index (χ2n) is 6.04. The quantitative estimate of drug-likeness (QED) is 0.746. The summed E-state index contributed by atoms with van der Waals surface area (Å²) >= 11 is 0. The number of nitrogens with zero attached hydrogens (tertiary/aromatic N) is 1. The predicted octanol–water partition coefficient (Wildman–Crippen LogP) is 2.53. The minimum atomic E-state index is -3.55. The van der Waals surface area contributed by atoms with Crippen molar-refractivity contribution in [1.29, 1.82) is 0 Å². The Morgan fingerprint density at radius 3 is 2.26 bits per heavy atom. The van der Waals surface area contributed by atoms with Crippen LogP contribution in [0.15, 0.2) is 47.4 Å². The van der Waals surface area contributed by atoms with E-state index in [2.05, 4.69) is 5.32 Å². The van der Waals surface area contributed by atoms with Crippen LogP contribution < -0.4 is 14.8 Å². The number of anilines is 1. The molecule has 0 saturated heterocycles. The lowest BCUT2D eigenvalue weighted by atomic mass is 10.1. The van der Waals surface area contributed by atoms with E-state index in [1.165, 1.54) is 27.3 Å². The lowest BCUT2D eigenvalue weighted by Crippen LogP contribution is -2.22. The number of carbonyl (C=O) groups excluding carboxylic acids is 1. The molecule has 2 aromatic rings. The molecule has 0 saturated carbocycles. The summed E-state index contributed by atoms with van der Waals surface area (Å²) in [5.41, 5.74) is 1.32. The van der Waals surface area contributed by atoms with Crippen molar-refractivity contribution in [3.05, 3.63) is 48.0 Å². The zero-order valence-electron chi connectivity index (χ0n) is 15.9. The molecule has 146 valence electrons. The van der Waals surface area contributed by atoms with Gasteiger partial charge in [0.2, 0.25) is 15.9 Å². The number of methoxy groups -OCH3 is 2. The highest BCUT2D eigenvalue weighted by Gasteiger charge is 2.19. The summed E-state index contributed by atoms with van der Waals surface area (Å²) in [5.74, 6) is 1.07. The van der Waals surface area contributed by atoms with Gasteiger partial charge in [0.1, 0.15) is 11.5 Å². The van der Waals surface area contributed by atoms with Gasteiger partial charge in [-0.1, -0.05) is 0 Å². The van der Waals surface area contributed by atoms with Crippen molar-refractivity contribution in [1.82, 2.24) is 4.31 Å². The number of benzene rings is 2. The second-order valence-corrected chi connectivity index (χ2v) is 8.19. The van der Waals surface area contributed by atoms with Crippen LogP contribution in [0.25, 0.3) is 0 Å². The van der Waals surface area contributed by atoms with E-state index >= 15 is 0 Å². The lowest BCUT2D eigenvalue weighted by molar-refractivity contribution is -0.116. The molecule has 0 aliphatic rings. The van der Waals surface area contributed by atoms with E-state index in [1.54, 1.807) is 43.5 Å². The Morgan fingerprint density at radius 2 is 1.70 bits per heavy atom. The predicted molar refractivity (Wildman–Crippen MR) is 104 cm³/mol. The van der Waals surface area contributed by atoms with Crippen LogP contribution >= 0.6 is 0 Å². The van der Waals surface area contributed by atoms with E-state index in [0.717, 1.165) is 4.31 Å². The van der Waals surface area contributed by atoms with Crippen LogP contribution in [0.1, 0.15) is 12.0 Å². The number of carbonyl (C=O) groups is 1. The zero-order chi connectivity index (χ0) is 20.0. The number of rotatable bonds is 8. The standard InChI is InChI=1S/C19H24N2O5S/c1-21(2)27(23,24)17-10-11-18(26-4)14(13-17)5-12-19(22)20-15-6-8-16(25-3)9-7-15/h6-11,13H,5,12H2,1-4H3,(H,20,22). The third-order valence-electron chi connectivity index (χ3n) is 4.03. The number of nitrogens with one attached hydrogen (secondary N) is 1. The van der Waals surface area contributed by atoms with E-state index in [9.17, 15) is 13.2 Å². The van der Waals surface area contributed by atoms with Gasteiger partial charge in [0.05, 0.1) is 19.1 Å². The van der Waals surface area contributed by atoms with Crippen LogP contribution in [0, 0.1) is 0 Å². The maximum atomic E-state index is 12.3. The van der Waals surface area contributed by atoms with Gasteiger partial charge in [0.15, 0.2) is 0 Å². The lowest BCUT2D eigenvalue weighted by Gasteiger charge is -2.14. The summed E-state index contributed by atoms with van der Waals surface area (Å²) in [6, 6.07) is 11.7. The highest BCUT2D eigenvalue weighted by atomic mass is 32.2. The van der Waals surface area contributed by atoms with Crippen LogP contribution in [0.5, 0.6) is 11.5 Å². The molecule has 0 aliphatic heterocycles. The Balaban J connectivity index is 2.10. The van der Waals surface area contributed by atoms with Crippen molar-refractivity contribution < 1.29 is 22.7 Å². The minimum Gasteiger partial charge on any atom is -0.497 e. The molecule has 0 aliphatic carbocycles. The number of hydrogen-bond donors (Lipinski definition) is 1. The van der Waals surface area contributed by atoms with E-state index in [1.807, 2.05) is 0 Å². The van der Waals surface area contributed by atoms with Gasteiger partial charge in [0, 0.05) is 26.2 Å². The number of amides is 1. The van der Waals surface area contributed by atoms with Crippen LogP contribution in [0.3, 0.4) is 0 Å². The first-order chi connectivity index (χ1) is 12.8. The van der Waals surface area contributed by atoms with Gasteiger partial charge in [0.25, 0.3) is 0 Å². The van der Waals surface area contributed by atoms with Gasteiger partial charge in [-0.05, 0) is 54.4 Å². The van der Waals surface area contributed by atoms with Crippen LogP contribution in [-0.2, 0) is 21.2 Å². The molecule has 0 spiro atoms. The largest absolute Gasteiger partial charge is 0.497 e. The summed E-state index contributed by atoms with van der Waals surface area (Å²) in [7, 11) is 2.48. The van der Waals surface area contributed by atoms with E-state index in [4.69, 9.17) is 9.47 Å². The fourth-order valence-electron chi connectivity index (χ4n) is 2.47. The summed E-state index contributed by atoms with van der Waals surface area (Å²) < 4.78 is 36.1. The van der Waals surface area contributed by atoms with Crippen LogP contribution in [-0.4, -0.2) is 46.9 Å². The molecule has 7 nitrogen and oxygen atoms in total. The molecule has 1 N–H and O–H groups in total. The van der Waals surface area contributed by atoms with Crippen molar-refractivity contribution in [2.75, 3.05) is 33.6 Å². The third-order valence-corrected chi connectivity index (χ3v) is 5.84. The molecule has 0 fully saturated rings. The van der Waals surface area contributed by atoms with E-state index < -0.39 is 10.0 Å². The molecule has 0 aromatic heterocycles. The highest BCUT2D eigenvalue weighted by molar-refractivity contribution is 7.89. The van der Waals surface area contributed by atoms with Crippen molar-refractivity contribution in [2.24, 2.45) is 0 Å². The third kappa shape index (κ3) is 5.21. The fraction of sp³-hybridized carbons (Fsp3) is 0.316. The van der Waals surface area contributed by atoms with E-state index in [-0.39, 0.29) is 17.2 Å². The van der Waals surface area contributed by atoms with Crippen molar-refractivity contribution in [3.8, 4) is 11.5 Å². The van der Waals surface area contributed by atoms with Crippen molar-refractivity contribution in [3.63, 3.8) is 0 Å². The monoisotopic (exact) mass is 392 g/mol. The summed E-state index contributed by atoms with van der Waals surface area (Å²) in [6.07, 6.45) is 0.538. The first kappa shape index (κ1) is 20.7. The molecular weight excluding hydrogens is 368 g/mol. The average Bonchev–Trinajstić information content (AvgIpc) is 2.66. The number of sulfonamides is 1. The first-order valence-corrected chi connectivity index (χ1v) is 9.75. The van der Waals surface area contributed by atoms with Crippen LogP contribution in [0.4, 0.5) is 5.69 Å². The molecule has 1 amide bonds. The Kier molecular flexibility index (Phi) is 6.81. The fourth-order valence-corrected chi connectivity index (χ4v) is 3.42. The smallest absolute Gasteiger partial charge is 0.242 e. The summed E-state index contributed by atoms with van der Waals surface area (Å²) in [4.78, 5) is 12.4. The Morgan fingerprint density at radius 1 is 1.04 bits per heavy atom. The molecule has 0 unspecified atom stereocenters. The van der Waals surface area contributed by atoms with Crippen molar-refractivity contribution >= 4 is 21.6 Å². The maximum absolute atomic E-state index is 12.3. The van der Waals surface area contributed by atoms with Gasteiger partial charge in [-0.3, -0.25) is 4.79 Å². The van der Waals surface area contributed by atoms with Gasteiger partial charge >= 0.3 is 0 Å². The SMILES string of the molecule is COc1ccc(NC(=O)CCc2cc(S(=O)(=O)N(C)C)ccc2OC)cc1. The highest BCUT2D eigenvalue weighted by Crippen LogP contribution is 2.25. The van der Waals surface area contributed by atoms with Gasteiger partial charge in [-0.25, -0.2) is 12.7 Å². The van der Waals surface area contributed by atoms with Gasteiger partial charge < -0.3 is 14.8 Å². The minimum absolute atomic E-state index is 0.166. The Labute approximate surface area is 160 Å². The maximum Gasteiger partial charge on any atom is 0.242 e. The summed E-state index contributed by atoms with van der Waals surface area (Å²) in [5, 5.41) is 2.80. The number of aryl methyl sites for hydroxylation is 1. The molecular formula is C19H24N2O5S. The average molecular weight is 392 g/mol. The molecule has 0 atom stereocenters. The normalized spacial score (nSPS) is 11.3. The van der Waals surface area contributed by atoms with Crippen LogP contribution in [0.2, 0.25) is 0 Å². The molecule has 8 heteroatoms. The molecule has 0 radical (unpaired) electrons. The first-order valence-electron chi connectivity index (χ1n) is 8.31. The zero-order valence-corrected chi connectivity index (χ0v) is 16.7. The molecule has 0 heterocycles. The second kappa shape index (κ2) is 8.88. The molecule has 2 rings (SSSR count). The molecule has 0 bridgehead atoms. The Bertz CT molecular complexity index is 893.